The van der Waals surface area contributed by atoms with Crippen molar-refractivity contribution in [3.05, 3.63) is 70.8 Å². The quantitative estimate of drug-likeness (QED) is 0.842. The lowest BCUT2D eigenvalue weighted by Crippen LogP contribution is -2.46. The molecule has 0 saturated carbocycles. The molecule has 1 aliphatic heterocycles. The van der Waals surface area contributed by atoms with Crippen molar-refractivity contribution in [3.63, 3.8) is 0 Å². The van der Waals surface area contributed by atoms with Crippen LogP contribution in [-0.4, -0.2) is 30.0 Å². The van der Waals surface area contributed by atoms with E-state index in [2.05, 4.69) is 31.2 Å². The van der Waals surface area contributed by atoms with E-state index in [4.69, 9.17) is 4.74 Å². The number of hydrogen-bond donors (Lipinski definition) is 0. The first kappa shape index (κ1) is 15.8. The summed E-state index contributed by atoms with van der Waals surface area (Å²) in [4.78, 5) is 14.7. The van der Waals surface area contributed by atoms with Crippen molar-refractivity contribution in [1.29, 1.82) is 0 Å². The lowest BCUT2D eigenvalue weighted by atomic mass is 10.0. The van der Waals surface area contributed by atoms with Gasteiger partial charge in [-0.25, -0.2) is 0 Å². The maximum atomic E-state index is 12.8. The van der Waals surface area contributed by atoms with Crippen LogP contribution in [0.2, 0.25) is 0 Å². The van der Waals surface area contributed by atoms with Crippen molar-refractivity contribution in [1.82, 2.24) is 4.90 Å². The summed E-state index contributed by atoms with van der Waals surface area (Å²) < 4.78 is 6.06. The highest BCUT2D eigenvalue weighted by atomic mass is 16.5. The second kappa shape index (κ2) is 6.55. The van der Waals surface area contributed by atoms with Gasteiger partial charge in [-0.1, -0.05) is 47.5 Å². The maximum Gasteiger partial charge on any atom is 0.254 e. The van der Waals surface area contributed by atoms with E-state index in [-0.39, 0.29) is 18.1 Å². The van der Waals surface area contributed by atoms with Gasteiger partial charge >= 0.3 is 0 Å². The van der Waals surface area contributed by atoms with Gasteiger partial charge in [0.15, 0.2) is 0 Å². The molecule has 23 heavy (non-hydrogen) atoms. The number of ether oxygens (including phenoxy) is 1. The van der Waals surface area contributed by atoms with E-state index in [0.717, 1.165) is 16.7 Å². The molecule has 0 aliphatic carbocycles. The molecule has 0 bridgehead atoms. The van der Waals surface area contributed by atoms with Gasteiger partial charge in [0.25, 0.3) is 5.91 Å². The molecule has 0 spiro atoms. The third-order valence-corrected chi connectivity index (χ3v) is 4.26. The van der Waals surface area contributed by atoms with E-state index in [1.165, 1.54) is 5.56 Å². The molecule has 2 aromatic carbocycles. The summed E-state index contributed by atoms with van der Waals surface area (Å²) in [6.45, 7) is 7.34. The van der Waals surface area contributed by atoms with Crippen molar-refractivity contribution < 1.29 is 9.53 Å². The zero-order chi connectivity index (χ0) is 16.4. The molecule has 2 unspecified atom stereocenters. The Bertz CT molecular complexity index is 693. The highest BCUT2D eigenvalue weighted by Crippen LogP contribution is 2.26. The number of amides is 1. The number of morpholine rings is 1. The van der Waals surface area contributed by atoms with Gasteiger partial charge < -0.3 is 9.64 Å². The molecule has 120 valence electrons. The Kier molecular flexibility index (Phi) is 4.49. The molecule has 0 N–H and O–H groups in total. The Morgan fingerprint density at radius 1 is 1.04 bits per heavy atom. The van der Waals surface area contributed by atoms with Crippen LogP contribution >= 0.6 is 0 Å². The Morgan fingerprint density at radius 2 is 1.78 bits per heavy atom. The average molecular weight is 309 g/mol. The second-order valence-corrected chi connectivity index (χ2v) is 6.43. The first-order chi connectivity index (χ1) is 11.0. The fourth-order valence-corrected chi connectivity index (χ4v) is 3.04. The van der Waals surface area contributed by atoms with Crippen LogP contribution in [0.1, 0.15) is 40.1 Å². The first-order valence-electron chi connectivity index (χ1n) is 8.11. The van der Waals surface area contributed by atoms with Crippen LogP contribution < -0.4 is 0 Å². The molecular formula is C20H23NO2. The van der Waals surface area contributed by atoms with Gasteiger partial charge in [0.05, 0.1) is 12.6 Å². The largest absolute Gasteiger partial charge is 0.367 e. The monoisotopic (exact) mass is 309 g/mol. The van der Waals surface area contributed by atoms with Crippen molar-refractivity contribution in [2.24, 2.45) is 0 Å². The number of nitrogens with zero attached hydrogens (tertiary/aromatic N) is 1. The Labute approximate surface area is 137 Å². The molecular weight excluding hydrogens is 286 g/mol. The molecule has 1 saturated heterocycles. The van der Waals surface area contributed by atoms with E-state index in [1.807, 2.05) is 43.0 Å². The fourth-order valence-electron chi connectivity index (χ4n) is 3.04. The maximum absolute atomic E-state index is 12.8. The van der Waals surface area contributed by atoms with Gasteiger partial charge in [-0.15, -0.1) is 0 Å². The minimum absolute atomic E-state index is 0.0313. The van der Waals surface area contributed by atoms with Crippen molar-refractivity contribution in [2.75, 3.05) is 13.1 Å². The number of hydrogen-bond acceptors (Lipinski definition) is 2. The smallest absolute Gasteiger partial charge is 0.254 e. The standard InChI is InChI=1S/C20H23NO2/c1-14-7-9-17(10-8-14)19-13-21(12-16(3)23-19)20(22)18-6-4-5-15(2)11-18/h4-11,16,19H,12-13H2,1-3H3. The minimum atomic E-state index is -0.0619. The molecule has 3 nitrogen and oxygen atoms in total. The highest BCUT2D eigenvalue weighted by Gasteiger charge is 2.29. The molecule has 0 radical (unpaired) electrons. The highest BCUT2D eigenvalue weighted by molar-refractivity contribution is 5.94. The van der Waals surface area contributed by atoms with Gasteiger partial charge in [-0.2, -0.15) is 0 Å². The summed E-state index contributed by atoms with van der Waals surface area (Å²) in [5.41, 5.74) is 4.21. The zero-order valence-corrected chi connectivity index (χ0v) is 14.0. The third kappa shape index (κ3) is 3.62. The summed E-state index contributed by atoms with van der Waals surface area (Å²) in [6, 6.07) is 16.1. The van der Waals surface area contributed by atoms with Crippen LogP contribution in [0.25, 0.3) is 0 Å². The second-order valence-electron chi connectivity index (χ2n) is 6.43. The summed E-state index contributed by atoms with van der Waals surface area (Å²) in [6.07, 6.45) is -0.0306. The zero-order valence-electron chi connectivity index (χ0n) is 14.0. The summed E-state index contributed by atoms with van der Waals surface area (Å²) in [5, 5.41) is 0. The predicted octanol–water partition coefficient (Wildman–Crippen LogP) is 3.91. The van der Waals surface area contributed by atoms with Crippen LogP contribution in [0.5, 0.6) is 0 Å². The molecule has 3 heteroatoms. The number of rotatable bonds is 2. The molecule has 1 amide bonds. The normalized spacial score (nSPS) is 21.3. The van der Waals surface area contributed by atoms with Crippen LogP contribution in [0.3, 0.4) is 0 Å². The Hall–Kier alpha value is -2.13. The summed E-state index contributed by atoms with van der Waals surface area (Å²) >= 11 is 0. The molecule has 1 heterocycles. The molecule has 1 fully saturated rings. The van der Waals surface area contributed by atoms with Gasteiger partial charge in [0.1, 0.15) is 6.10 Å². The van der Waals surface area contributed by atoms with Crippen LogP contribution in [0, 0.1) is 13.8 Å². The van der Waals surface area contributed by atoms with Gasteiger partial charge in [-0.05, 0) is 38.5 Å². The summed E-state index contributed by atoms with van der Waals surface area (Å²) in [5.74, 6) is 0.0842. The van der Waals surface area contributed by atoms with E-state index >= 15 is 0 Å². The average Bonchev–Trinajstić information content (AvgIpc) is 2.54. The number of aryl methyl sites for hydroxylation is 2. The van der Waals surface area contributed by atoms with Crippen molar-refractivity contribution in [2.45, 2.75) is 33.0 Å². The van der Waals surface area contributed by atoms with Gasteiger partial charge in [0.2, 0.25) is 0 Å². The third-order valence-electron chi connectivity index (χ3n) is 4.26. The van der Waals surface area contributed by atoms with Crippen LogP contribution in [0.15, 0.2) is 48.5 Å². The minimum Gasteiger partial charge on any atom is -0.367 e. The Morgan fingerprint density at radius 3 is 2.48 bits per heavy atom. The van der Waals surface area contributed by atoms with Crippen molar-refractivity contribution in [3.8, 4) is 0 Å². The number of carbonyl (C=O) groups is 1. The number of carbonyl (C=O) groups excluding carboxylic acids is 1. The van der Waals surface area contributed by atoms with Gasteiger partial charge in [0, 0.05) is 12.1 Å². The lowest BCUT2D eigenvalue weighted by molar-refractivity contribution is -0.0691. The van der Waals surface area contributed by atoms with E-state index in [9.17, 15) is 4.79 Å². The van der Waals surface area contributed by atoms with Gasteiger partial charge in [-0.3, -0.25) is 4.79 Å². The molecule has 1 aliphatic rings. The SMILES string of the molecule is Cc1ccc(C2CN(C(=O)c3cccc(C)c3)CC(C)O2)cc1. The van der Waals surface area contributed by atoms with E-state index < -0.39 is 0 Å². The van der Waals surface area contributed by atoms with E-state index in [0.29, 0.717) is 13.1 Å². The topological polar surface area (TPSA) is 29.5 Å². The summed E-state index contributed by atoms with van der Waals surface area (Å²) in [7, 11) is 0. The molecule has 0 aromatic heterocycles. The molecule has 3 rings (SSSR count). The Balaban J connectivity index is 1.80. The molecule has 2 aromatic rings. The first-order valence-corrected chi connectivity index (χ1v) is 8.11. The lowest BCUT2D eigenvalue weighted by Gasteiger charge is -2.37. The van der Waals surface area contributed by atoms with E-state index in [1.54, 1.807) is 0 Å². The molecule has 2 atom stereocenters. The van der Waals surface area contributed by atoms with Crippen LogP contribution in [-0.2, 0) is 4.74 Å². The fraction of sp³-hybridized carbons (Fsp3) is 0.350. The number of benzene rings is 2. The van der Waals surface area contributed by atoms with Crippen LogP contribution in [0.4, 0.5) is 0 Å². The van der Waals surface area contributed by atoms with Crippen molar-refractivity contribution >= 4 is 5.91 Å². The predicted molar refractivity (Wildman–Crippen MR) is 91.5 cm³/mol.